The van der Waals surface area contributed by atoms with Gasteiger partial charge in [0, 0.05) is 17.3 Å². The molecule has 2 aliphatic rings. The van der Waals surface area contributed by atoms with Crippen molar-refractivity contribution in [2.75, 3.05) is 5.32 Å². The first-order chi connectivity index (χ1) is 10.4. The topological polar surface area (TPSA) is 78.4 Å². The van der Waals surface area contributed by atoms with E-state index in [0.29, 0.717) is 5.56 Å². The summed E-state index contributed by atoms with van der Waals surface area (Å²) in [6.07, 6.45) is 2.86. The number of amides is 2. The van der Waals surface area contributed by atoms with Crippen molar-refractivity contribution < 1.29 is 14.7 Å². The highest BCUT2D eigenvalue weighted by Gasteiger charge is 2.38. The minimum absolute atomic E-state index is 0.0404. The molecular formula is C17H22N2O3. The molecule has 0 aromatic heterocycles. The quantitative estimate of drug-likeness (QED) is 0.781. The van der Waals surface area contributed by atoms with Gasteiger partial charge < -0.3 is 15.7 Å². The van der Waals surface area contributed by atoms with Gasteiger partial charge in [0.25, 0.3) is 5.91 Å². The van der Waals surface area contributed by atoms with Crippen molar-refractivity contribution in [3.63, 3.8) is 0 Å². The maximum absolute atomic E-state index is 12.4. The Morgan fingerprint density at radius 2 is 1.95 bits per heavy atom. The molecule has 1 saturated carbocycles. The third-order valence-corrected chi connectivity index (χ3v) is 4.80. The van der Waals surface area contributed by atoms with Gasteiger partial charge in [-0.1, -0.05) is 0 Å². The molecule has 2 amide bonds. The van der Waals surface area contributed by atoms with E-state index in [4.69, 9.17) is 0 Å². The van der Waals surface area contributed by atoms with Crippen LogP contribution in [0.1, 0.15) is 55.5 Å². The summed E-state index contributed by atoms with van der Waals surface area (Å²) >= 11 is 0. The standard InChI is InChI=1S/C17H22N2O3/c1-17(2)13-9-10(3-8-14(13)19-16(17)22)15(21)18-11-4-6-12(20)7-5-11/h3,8-9,11-12,20H,4-7H2,1-2H3,(H,18,21)(H,19,22). The number of hydrogen-bond acceptors (Lipinski definition) is 3. The summed E-state index contributed by atoms with van der Waals surface area (Å²) in [6, 6.07) is 5.46. The molecule has 0 saturated heterocycles. The van der Waals surface area contributed by atoms with Crippen LogP contribution in [0.15, 0.2) is 18.2 Å². The van der Waals surface area contributed by atoms with Gasteiger partial charge in [-0.15, -0.1) is 0 Å². The van der Waals surface area contributed by atoms with Crippen molar-refractivity contribution >= 4 is 17.5 Å². The monoisotopic (exact) mass is 302 g/mol. The Kier molecular flexibility index (Phi) is 3.68. The van der Waals surface area contributed by atoms with Gasteiger partial charge in [0.15, 0.2) is 0 Å². The summed E-state index contributed by atoms with van der Waals surface area (Å²) in [5, 5.41) is 15.4. The Bertz CT molecular complexity index is 616. The first-order valence-electron chi connectivity index (χ1n) is 7.83. The van der Waals surface area contributed by atoms with E-state index in [-0.39, 0.29) is 24.0 Å². The van der Waals surface area contributed by atoms with E-state index in [1.807, 2.05) is 13.8 Å². The number of aliphatic hydroxyl groups excluding tert-OH is 1. The van der Waals surface area contributed by atoms with Gasteiger partial charge in [-0.3, -0.25) is 9.59 Å². The lowest BCUT2D eigenvalue weighted by Gasteiger charge is -2.26. The van der Waals surface area contributed by atoms with Crippen LogP contribution in [-0.2, 0) is 10.2 Å². The molecule has 1 fully saturated rings. The fourth-order valence-corrected chi connectivity index (χ4v) is 3.20. The van der Waals surface area contributed by atoms with Crippen LogP contribution in [0.5, 0.6) is 0 Å². The zero-order valence-corrected chi connectivity index (χ0v) is 13.0. The van der Waals surface area contributed by atoms with Crippen LogP contribution in [0.3, 0.4) is 0 Å². The molecule has 0 bridgehead atoms. The smallest absolute Gasteiger partial charge is 0.251 e. The van der Waals surface area contributed by atoms with E-state index in [1.54, 1.807) is 18.2 Å². The largest absolute Gasteiger partial charge is 0.393 e. The van der Waals surface area contributed by atoms with Crippen molar-refractivity contribution in [2.45, 2.75) is 57.1 Å². The Morgan fingerprint density at radius 1 is 1.27 bits per heavy atom. The molecule has 1 aromatic carbocycles. The molecule has 0 atom stereocenters. The Labute approximate surface area is 130 Å². The van der Waals surface area contributed by atoms with Gasteiger partial charge in [0.05, 0.1) is 11.5 Å². The highest BCUT2D eigenvalue weighted by molar-refractivity contribution is 6.07. The third kappa shape index (κ3) is 2.61. The van der Waals surface area contributed by atoms with Crippen LogP contribution < -0.4 is 10.6 Å². The molecule has 5 nitrogen and oxygen atoms in total. The predicted molar refractivity (Wildman–Crippen MR) is 83.8 cm³/mol. The van der Waals surface area contributed by atoms with E-state index >= 15 is 0 Å². The molecule has 1 heterocycles. The van der Waals surface area contributed by atoms with Crippen LogP contribution in [0.25, 0.3) is 0 Å². The van der Waals surface area contributed by atoms with E-state index in [1.165, 1.54) is 0 Å². The Balaban J connectivity index is 1.75. The average molecular weight is 302 g/mol. The van der Waals surface area contributed by atoms with Crippen LogP contribution in [-0.4, -0.2) is 29.1 Å². The normalized spacial score (nSPS) is 26.2. The van der Waals surface area contributed by atoms with E-state index in [0.717, 1.165) is 36.9 Å². The minimum Gasteiger partial charge on any atom is -0.393 e. The first kappa shape index (κ1) is 15.0. The summed E-state index contributed by atoms with van der Waals surface area (Å²) in [7, 11) is 0. The molecule has 1 aliphatic heterocycles. The molecule has 0 spiro atoms. The second kappa shape index (κ2) is 5.39. The van der Waals surface area contributed by atoms with E-state index in [9.17, 15) is 14.7 Å². The fourth-order valence-electron chi connectivity index (χ4n) is 3.20. The van der Waals surface area contributed by atoms with E-state index < -0.39 is 5.41 Å². The number of rotatable bonds is 2. The predicted octanol–water partition coefficient (Wildman–Crippen LogP) is 1.95. The van der Waals surface area contributed by atoms with Gasteiger partial charge >= 0.3 is 0 Å². The first-order valence-corrected chi connectivity index (χ1v) is 7.83. The second-order valence-corrected chi connectivity index (χ2v) is 6.82. The lowest BCUT2D eigenvalue weighted by atomic mass is 9.85. The second-order valence-electron chi connectivity index (χ2n) is 6.82. The zero-order chi connectivity index (χ0) is 15.9. The summed E-state index contributed by atoms with van der Waals surface area (Å²) in [5.41, 5.74) is 1.62. The van der Waals surface area contributed by atoms with Crippen LogP contribution >= 0.6 is 0 Å². The van der Waals surface area contributed by atoms with Crippen molar-refractivity contribution in [1.29, 1.82) is 0 Å². The third-order valence-electron chi connectivity index (χ3n) is 4.80. The molecular weight excluding hydrogens is 280 g/mol. The van der Waals surface area contributed by atoms with E-state index in [2.05, 4.69) is 10.6 Å². The molecule has 3 N–H and O–H groups in total. The van der Waals surface area contributed by atoms with Crippen molar-refractivity contribution in [2.24, 2.45) is 0 Å². The van der Waals surface area contributed by atoms with Crippen molar-refractivity contribution in [3.05, 3.63) is 29.3 Å². The molecule has 0 radical (unpaired) electrons. The van der Waals surface area contributed by atoms with Crippen LogP contribution in [0, 0.1) is 0 Å². The molecule has 3 rings (SSSR count). The van der Waals surface area contributed by atoms with Gasteiger partial charge in [-0.2, -0.15) is 0 Å². The van der Waals surface area contributed by atoms with Crippen molar-refractivity contribution in [3.8, 4) is 0 Å². The van der Waals surface area contributed by atoms with Gasteiger partial charge in [-0.25, -0.2) is 0 Å². The highest BCUT2D eigenvalue weighted by Crippen LogP contribution is 2.37. The minimum atomic E-state index is -0.611. The summed E-state index contributed by atoms with van der Waals surface area (Å²) in [6.45, 7) is 3.72. The molecule has 5 heteroatoms. The van der Waals surface area contributed by atoms with Gasteiger partial charge in [-0.05, 0) is 63.3 Å². The Morgan fingerprint density at radius 3 is 2.64 bits per heavy atom. The van der Waals surface area contributed by atoms with Crippen LogP contribution in [0.4, 0.5) is 5.69 Å². The Hall–Kier alpha value is -1.88. The number of benzene rings is 1. The maximum Gasteiger partial charge on any atom is 0.251 e. The molecule has 1 aliphatic carbocycles. The number of hydrogen-bond donors (Lipinski definition) is 3. The number of carbonyl (C=O) groups is 2. The molecule has 22 heavy (non-hydrogen) atoms. The summed E-state index contributed by atoms with van der Waals surface area (Å²) in [5.74, 6) is -0.152. The number of carbonyl (C=O) groups excluding carboxylic acids is 2. The lowest BCUT2D eigenvalue weighted by molar-refractivity contribution is -0.119. The maximum atomic E-state index is 12.4. The number of fused-ring (bicyclic) bond motifs is 1. The SMILES string of the molecule is CC1(C)C(=O)Nc2ccc(C(=O)NC3CCC(O)CC3)cc21. The molecule has 118 valence electrons. The fraction of sp³-hybridized carbons (Fsp3) is 0.529. The lowest BCUT2D eigenvalue weighted by Crippen LogP contribution is -2.38. The number of nitrogens with one attached hydrogen (secondary N) is 2. The van der Waals surface area contributed by atoms with Crippen LogP contribution in [0.2, 0.25) is 0 Å². The molecule has 1 aromatic rings. The van der Waals surface area contributed by atoms with Gasteiger partial charge in [0.2, 0.25) is 5.91 Å². The number of aliphatic hydroxyl groups is 1. The summed E-state index contributed by atoms with van der Waals surface area (Å²) < 4.78 is 0. The average Bonchev–Trinajstić information content (AvgIpc) is 2.71. The molecule has 0 unspecified atom stereocenters. The highest BCUT2D eigenvalue weighted by atomic mass is 16.3. The van der Waals surface area contributed by atoms with Gasteiger partial charge in [0.1, 0.15) is 0 Å². The summed E-state index contributed by atoms with van der Waals surface area (Å²) in [4.78, 5) is 24.4. The zero-order valence-electron chi connectivity index (χ0n) is 13.0. The number of anilines is 1. The van der Waals surface area contributed by atoms with Crippen molar-refractivity contribution in [1.82, 2.24) is 5.32 Å².